The summed E-state index contributed by atoms with van der Waals surface area (Å²) in [5.74, 6) is 0.709. The van der Waals surface area contributed by atoms with E-state index >= 15 is 0 Å². The Labute approximate surface area is 130 Å². The number of anilines is 1. The lowest BCUT2D eigenvalue weighted by Crippen LogP contribution is -2.52. The van der Waals surface area contributed by atoms with E-state index in [0.29, 0.717) is 6.42 Å². The van der Waals surface area contributed by atoms with E-state index in [1.807, 2.05) is 24.3 Å². The molecule has 6 nitrogen and oxygen atoms in total. The van der Waals surface area contributed by atoms with Crippen LogP contribution in [-0.4, -0.2) is 68.0 Å². The normalized spacial score (nSPS) is 23.3. The summed E-state index contributed by atoms with van der Waals surface area (Å²) in [4.78, 5) is 29.4. The molecule has 2 saturated heterocycles. The first-order valence-corrected chi connectivity index (χ1v) is 7.54. The molecule has 2 aliphatic heterocycles. The van der Waals surface area contributed by atoms with Crippen molar-refractivity contribution in [3.63, 3.8) is 0 Å². The molecule has 0 saturated carbocycles. The van der Waals surface area contributed by atoms with Gasteiger partial charge in [-0.3, -0.25) is 19.4 Å². The summed E-state index contributed by atoms with van der Waals surface area (Å²) in [5, 5.41) is 0. The third-order valence-electron chi connectivity index (χ3n) is 4.54. The Morgan fingerprint density at radius 1 is 1.09 bits per heavy atom. The van der Waals surface area contributed by atoms with E-state index in [1.165, 1.54) is 4.90 Å². The minimum absolute atomic E-state index is 0.0734. The molecule has 0 aromatic heterocycles. The number of para-hydroxylation sites is 2. The Hall–Kier alpha value is -2.08. The summed E-state index contributed by atoms with van der Waals surface area (Å²) in [6.45, 7) is 3.19. The van der Waals surface area contributed by atoms with Crippen molar-refractivity contribution < 1.29 is 14.3 Å². The Bertz CT molecular complexity index is 582. The molecule has 2 aliphatic rings. The fraction of sp³-hybridized carbons (Fsp3) is 0.500. The summed E-state index contributed by atoms with van der Waals surface area (Å²) in [6.07, 6.45) is 0.310. The van der Waals surface area contributed by atoms with Gasteiger partial charge in [-0.25, -0.2) is 0 Å². The minimum Gasteiger partial charge on any atom is -0.495 e. The number of nitrogens with zero attached hydrogens (tertiary/aromatic N) is 3. The lowest BCUT2D eigenvalue weighted by Gasteiger charge is -2.38. The van der Waals surface area contributed by atoms with Gasteiger partial charge in [0, 0.05) is 33.2 Å². The Kier molecular flexibility index (Phi) is 4.02. The molecule has 1 aromatic rings. The fourth-order valence-electron chi connectivity index (χ4n) is 3.19. The van der Waals surface area contributed by atoms with Crippen molar-refractivity contribution in [2.75, 3.05) is 45.2 Å². The summed E-state index contributed by atoms with van der Waals surface area (Å²) in [5.41, 5.74) is 1.08. The summed E-state index contributed by atoms with van der Waals surface area (Å²) >= 11 is 0. The molecule has 0 aliphatic carbocycles. The molecule has 22 heavy (non-hydrogen) atoms. The topological polar surface area (TPSA) is 53.1 Å². The van der Waals surface area contributed by atoms with Crippen LogP contribution in [0.2, 0.25) is 0 Å². The van der Waals surface area contributed by atoms with Crippen LogP contribution in [0.3, 0.4) is 0 Å². The molecule has 6 heteroatoms. The maximum Gasteiger partial charge on any atom is 0.246 e. The number of hydrogen-bond acceptors (Lipinski definition) is 5. The maximum absolute atomic E-state index is 12.1. The Morgan fingerprint density at radius 2 is 1.77 bits per heavy atom. The van der Waals surface area contributed by atoms with Crippen molar-refractivity contribution in [3.05, 3.63) is 24.3 Å². The van der Waals surface area contributed by atoms with Crippen LogP contribution in [-0.2, 0) is 9.59 Å². The highest BCUT2D eigenvalue weighted by atomic mass is 16.5. The molecule has 2 fully saturated rings. The molecule has 3 rings (SSSR count). The van der Waals surface area contributed by atoms with Crippen LogP contribution in [0.25, 0.3) is 0 Å². The van der Waals surface area contributed by atoms with Gasteiger partial charge >= 0.3 is 0 Å². The van der Waals surface area contributed by atoms with Gasteiger partial charge < -0.3 is 9.64 Å². The van der Waals surface area contributed by atoms with E-state index in [9.17, 15) is 9.59 Å². The van der Waals surface area contributed by atoms with Crippen LogP contribution in [0.1, 0.15) is 6.42 Å². The molecule has 1 atom stereocenters. The highest BCUT2D eigenvalue weighted by molar-refractivity contribution is 6.05. The third kappa shape index (κ3) is 2.54. The number of amides is 2. The second-order valence-corrected chi connectivity index (χ2v) is 5.71. The number of likely N-dealkylation sites (tertiary alicyclic amines) is 1. The molecule has 0 bridgehead atoms. The first kappa shape index (κ1) is 14.8. The molecule has 118 valence electrons. The van der Waals surface area contributed by atoms with E-state index in [-0.39, 0.29) is 17.9 Å². The van der Waals surface area contributed by atoms with E-state index < -0.39 is 0 Å². The van der Waals surface area contributed by atoms with Gasteiger partial charge in [0.1, 0.15) is 5.75 Å². The number of imide groups is 1. The zero-order valence-corrected chi connectivity index (χ0v) is 13.0. The van der Waals surface area contributed by atoms with Gasteiger partial charge in [-0.2, -0.15) is 0 Å². The zero-order valence-electron chi connectivity index (χ0n) is 13.0. The predicted molar refractivity (Wildman–Crippen MR) is 83.0 cm³/mol. The van der Waals surface area contributed by atoms with Gasteiger partial charge in [0.2, 0.25) is 11.8 Å². The largest absolute Gasteiger partial charge is 0.495 e. The second kappa shape index (κ2) is 5.96. The average molecular weight is 303 g/mol. The number of likely N-dealkylation sites (N-methyl/N-ethyl adjacent to an activating group) is 1. The van der Waals surface area contributed by atoms with E-state index in [2.05, 4.69) is 9.80 Å². The van der Waals surface area contributed by atoms with Crippen molar-refractivity contribution in [3.8, 4) is 5.75 Å². The number of methoxy groups -OCH3 is 1. The molecular weight excluding hydrogens is 282 g/mol. The molecule has 0 unspecified atom stereocenters. The fourth-order valence-corrected chi connectivity index (χ4v) is 3.19. The van der Waals surface area contributed by atoms with Crippen LogP contribution in [0.15, 0.2) is 24.3 Å². The standard InChI is InChI=1S/C16H21N3O3/c1-17-15(20)11-13(16(17)21)19-9-7-18(8-10-19)12-5-3-4-6-14(12)22-2/h3-6,13H,7-11H2,1-2H3/t13-/m0/s1. The number of hydrogen-bond donors (Lipinski definition) is 0. The quantitative estimate of drug-likeness (QED) is 0.764. The third-order valence-corrected chi connectivity index (χ3v) is 4.54. The van der Waals surface area contributed by atoms with Crippen LogP contribution in [0.5, 0.6) is 5.75 Å². The van der Waals surface area contributed by atoms with Crippen molar-refractivity contribution >= 4 is 17.5 Å². The smallest absolute Gasteiger partial charge is 0.246 e. The number of rotatable bonds is 3. The number of ether oxygens (including phenoxy) is 1. The summed E-state index contributed by atoms with van der Waals surface area (Å²) in [7, 11) is 3.24. The molecule has 2 amide bonds. The number of benzene rings is 1. The van der Waals surface area contributed by atoms with Crippen LogP contribution in [0, 0.1) is 0 Å². The van der Waals surface area contributed by atoms with Crippen molar-refractivity contribution in [2.45, 2.75) is 12.5 Å². The van der Waals surface area contributed by atoms with E-state index in [1.54, 1.807) is 14.2 Å². The van der Waals surface area contributed by atoms with Crippen molar-refractivity contribution in [1.29, 1.82) is 0 Å². The van der Waals surface area contributed by atoms with Gasteiger partial charge in [0.05, 0.1) is 25.3 Å². The first-order chi connectivity index (χ1) is 10.6. The van der Waals surface area contributed by atoms with Gasteiger partial charge in [-0.05, 0) is 12.1 Å². The lowest BCUT2D eigenvalue weighted by molar-refractivity contribution is -0.138. The van der Waals surface area contributed by atoms with Gasteiger partial charge in [-0.1, -0.05) is 12.1 Å². The number of carbonyl (C=O) groups is 2. The molecule has 0 N–H and O–H groups in total. The molecule has 1 aromatic carbocycles. The van der Waals surface area contributed by atoms with Gasteiger partial charge in [-0.15, -0.1) is 0 Å². The number of carbonyl (C=O) groups excluding carboxylic acids is 2. The Morgan fingerprint density at radius 3 is 2.36 bits per heavy atom. The van der Waals surface area contributed by atoms with Crippen LogP contribution < -0.4 is 9.64 Å². The van der Waals surface area contributed by atoms with Crippen molar-refractivity contribution in [1.82, 2.24) is 9.80 Å². The highest BCUT2D eigenvalue weighted by Crippen LogP contribution is 2.29. The summed E-state index contributed by atoms with van der Waals surface area (Å²) < 4.78 is 5.41. The number of piperazine rings is 1. The average Bonchev–Trinajstić information content (AvgIpc) is 2.82. The van der Waals surface area contributed by atoms with Gasteiger partial charge in [0.25, 0.3) is 0 Å². The lowest BCUT2D eigenvalue weighted by atomic mass is 10.1. The maximum atomic E-state index is 12.1. The molecule has 0 spiro atoms. The minimum atomic E-state index is -0.280. The molecular formula is C16H21N3O3. The van der Waals surface area contributed by atoms with E-state index in [4.69, 9.17) is 4.74 Å². The first-order valence-electron chi connectivity index (χ1n) is 7.54. The summed E-state index contributed by atoms with van der Waals surface area (Å²) in [6, 6.07) is 7.68. The monoisotopic (exact) mass is 303 g/mol. The van der Waals surface area contributed by atoms with Crippen LogP contribution in [0.4, 0.5) is 5.69 Å². The second-order valence-electron chi connectivity index (χ2n) is 5.71. The molecule has 0 radical (unpaired) electrons. The Balaban J connectivity index is 1.66. The van der Waals surface area contributed by atoms with Gasteiger partial charge in [0.15, 0.2) is 0 Å². The predicted octanol–water partition coefficient (Wildman–Crippen LogP) is 0.574. The van der Waals surface area contributed by atoms with E-state index in [0.717, 1.165) is 37.6 Å². The highest BCUT2D eigenvalue weighted by Gasteiger charge is 2.40. The van der Waals surface area contributed by atoms with Crippen LogP contribution >= 0.6 is 0 Å². The molecule has 2 heterocycles. The SMILES string of the molecule is COc1ccccc1N1CCN([C@H]2CC(=O)N(C)C2=O)CC1. The van der Waals surface area contributed by atoms with Crippen molar-refractivity contribution in [2.24, 2.45) is 0 Å². The zero-order chi connectivity index (χ0) is 15.7.